The van der Waals surface area contributed by atoms with E-state index in [0.717, 1.165) is 12.8 Å². The minimum atomic E-state index is -1.03. The molecule has 110 valence electrons. The Morgan fingerprint density at radius 1 is 1.20 bits per heavy atom. The molecule has 0 aliphatic rings. The van der Waals surface area contributed by atoms with E-state index >= 15 is 0 Å². The van der Waals surface area contributed by atoms with Crippen molar-refractivity contribution in [3.63, 3.8) is 0 Å². The highest BCUT2D eigenvalue weighted by molar-refractivity contribution is 5.92. The number of aryl methyl sites for hydroxylation is 1. The average Bonchev–Trinajstić information content (AvgIpc) is 2.38. The molecule has 2 amide bonds. The van der Waals surface area contributed by atoms with Gasteiger partial charge in [0.05, 0.1) is 0 Å². The maximum atomic E-state index is 11.8. The summed E-state index contributed by atoms with van der Waals surface area (Å²) in [6.45, 7) is 5.61. The number of benzene rings is 1. The fraction of sp³-hybridized carbons (Fsp3) is 0.467. The zero-order valence-electron chi connectivity index (χ0n) is 12.1. The van der Waals surface area contributed by atoms with E-state index in [4.69, 9.17) is 5.11 Å². The van der Waals surface area contributed by atoms with Crippen LogP contribution in [0.2, 0.25) is 0 Å². The number of anilines is 1. The Labute approximate surface area is 119 Å². The Morgan fingerprint density at radius 2 is 1.80 bits per heavy atom. The molecule has 3 N–H and O–H groups in total. The molecule has 0 aromatic heterocycles. The highest BCUT2D eigenvalue weighted by Crippen LogP contribution is 2.11. The van der Waals surface area contributed by atoms with Crippen LogP contribution in [-0.4, -0.2) is 23.1 Å². The Kier molecular flexibility index (Phi) is 6.03. The van der Waals surface area contributed by atoms with E-state index in [1.165, 1.54) is 5.56 Å². The number of rotatable bonds is 6. The van der Waals surface area contributed by atoms with Crippen LogP contribution in [0.4, 0.5) is 10.5 Å². The number of hydrogen-bond acceptors (Lipinski definition) is 2. The fourth-order valence-corrected chi connectivity index (χ4v) is 1.87. The largest absolute Gasteiger partial charge is 0.480 e. The molecule has 0 saturated carbocycles. The quantitative estimate of drug-likeness (QED) is 0.748. The van der Waals surface area contributed by atoms with Gasteiger partial charge in [0, 0.05) is 5.69 Å². The van der Waals surface area contributed by atoms with Gasteiger partial charge in [-0.1, -0.05) is 39.3 Å². The smallest absolute Gasteiger partial charge is 0.326 e. The summed E-state index contributed by atoms with van der Waals surface area (Å²) in [5, 5.41) is 14.1. The molecule has 0 heterocycles. The number of hydrogen-bond donors (Lipinski definition) is 3. The molecule has 0 spiro atoms. The van der Waals surface area contributed by atoms with Crippen molar-refractivity contribution in [3.05, 3.63) is 29.8 Å². The summed E-state index contributed by atoms with van der Waals surface area (Å²) >= 11 is 0. The maximum absolute atomic E-state index is 11.8. The molecule has 0 bridgehead atoms. The second-order valence-corrected chi connectivity index (χ2v) is 5.11. The van der Waals surface area contributed by atoms with Crippen molar-refractivity contribution in [2.75, 3.05) is 5.32 Å². The van der Waals surface area contributed by atoms with Crippen molar-refractivity contribution in [2.45, 2.75) is 39.7 Å². The summed E-state index contributed by atoms with van der Waals surface area (Å²) < 4.78 is 0. The number of carbonyl (C=O) groups is 2. The predicted octanol–water partition coefficient (Wildman–Crippen LogP) is 2.87. The summed E-state index contributed by atoms with van der Waals surface area (Å²) in [7, 11) is 0. The number of urea groups is 1. The maximum Gasteiger partial charge on any atom is 0.326 e. The number of nitrogens with one attached hydrogen (secondary N) is 2. The van der Waals surface area contributed by atoms with Crippen LogP contribution in [0.5, 0.6) is 0 Å². The van der Waals surface area contributed by atoms with E-state index in [2.05, 4.69) is 17.6 Å². The zero-order valence-corrected chi connectivity index (χ0v) is 12.1. The van der Waals surface area contributed by atoms with E-state index in [9.17, 15) is 9.59 Å². The highest BCUT2D eigenvalue weighted by atomic mass is 16.4. The third-order valence-corrected chi connectivity index (χ3v) is 2.97. The molecule has 0 aliphatic heterocycles. The molecule has 0 saturated heterocycles. The summed E-state index contributed by atoms with van der Waals surface area (Å²) in [4.78, 5) is 22.8. The molecule has 0 radical (unpaired) electrons. The molecule has 1 aromatic rings. The summed E-state index contributed by atoms with van der Waals surface area (Å²) in [6.07, 6.45) is 2.07. The van der Waals surface area contributed by atoms with Gasteiger partial charge in [0.15, 0.2) is 0 Å². The lowest BCUT2D eigenvalue weighted by Crippen LogP contribution is -2.46. The number of carboxylic acids is 1. The SMILES string of the molecule is CCCc1ccc(NC(=O)N[C@@H](C(=O)O)C(C)C)cc1. The van der Waals surface area contributed by atoms with Crippen LogP contribution in [0, 0.1) is 5.92 Å². The average molecular weight is 278 g/mol. The summed E-state index contributed by atoms with van der Waals surface area (Å²) in [6, 6.07) is 6.14. The lowest BCUT2D eigenvalue weighted by atomic mass is 10.1. The van der Waals surface area contributed by atoms with Crippen molar-refractivity contribution < 1.29 is 14.7 Å². The molecule has 0 aliphatic carbocycles. The van der Waals surface area contributed by atoms with E-state index in [1.807, 2.05) is 24.3 Å². The van der Waals surface area contributed by atoms with Crippen molar-refractivity contribution >= 4 is 17.7 Å². The standard InChI is InChI=1S/C15H22N2O3/c1-4-5-11-6-8-12(9-7-11)16-15(20)17-13(10(2)3)14(18)19/h6-10,13H,4-5H2,1-3H3,(H,18,19)(H2,16,17,20)/t13-/m1/s1. The Bertz CT molecular complexity index is 455. The molecule has 1 rings (SSSR count). The van der Waals surface area contributed by atoms with Gasteiger partial charge >= 0.3 is 12.0 Å². The second-order valence-electron chi connectivity index (χ2n) is 5.11. The number of amides is 2. The number of aliphatic carboxylic acids is 1. The molecular formula is C15H22N2O3. The van der Waals surface area contributed by atoms with E-state index in [0.29, 0.717) is 5.69 Å². The van der Waals surface area contributed by atoms with Gasteiger partial charge in [-0.3, -0.25) is 0 Å². The topological polar surface area (TPSA) is 78.4 Å². The first kappa shape index (κ1) is 16.0. The van der Waals surface area contributed by atoms with Gasteiger partial charge in [-0.2, -0.15) is 0 Å². The first-order valence-electron chi connectivity index (χ1n) is 6.83. The van der Waals surface area contributed by atoms with Crippen LogP contribution < -0.4 is 10.6 Å². The van der Waals surface area contributed by atoms with Gasteiger partial charge in [-0.05, 0) is 30.0 Å². The number of carbonyl (C=O) groups excluding carboxylic acids is 1. The molecule has 0 unspecified atom stereocenters. The number of carboxylic acid groups (broad SMARTS) is 1. The lowest BCUT2D eigenvalue weighted by Gasteiger charge is -2.18. The van der Waals surface area contributed by atoms with Crippen LogP contribution in [-0.2, 0) is 11.2 Å². The molecule has 1 aromatic carbocycles. The molecular weight excluding hydrogens is 256 g/mol. The third kappa shape index (κ3) is 4.91. The van der Waals surface area contributed by atoms with Crippen molar-refractivity contribution in [2.24, 2.45) is 5.92 Å². The molecule has 5 heteroatoms. The van der Waals surface area contributed by atoms with Crippen LogP contribution in [0.3, 0.4) is 0 Å². The van der Waals surface area contributed by atoms with Crippen molar-refractivity contribution in [3.8, 4) is 0 Å². The Balaban J connectivity index is 2.59. The Morgan fingerprint density at radius 3 is 2.25 bits per heavy atom. The van der Waals surface area contributed by atoms with Gasteiger partial charge in [0.2, 0.25) is 0 Å². The lowest BCUT2D eigenvalue weighted by molar-refractivity contribution is -0.140. The van der Waals surface area contributed by atoms with Gasteiger partial charge in [0.1, 0.15) is 6.04 Å². The van der Waals surface area contributed by atoms with Gasteiger partial charge in [-0.15, -0.1) is 0 Å². The van der Waals surface area contributed by atoms with E-state index < -0.39 is 18.0 Å². The van der Waals surface area contributed by atoms with Crippen LogP contribution in [0.15, 0.2) is 24.3 Å². The van der Waals surface area contributed by atoms with Crippen molar-refractivity contribution in [1.82, 2.24) is 5.32 Å². The first-order valence-corrected chi connectivity index (χ1v) is 6.83. The monoisotopic (exact) mass is 278 g/mol. The fourth-order valence-electron chi connectivity index (χ4n) is 1.87. The zero-order chi connectivity index (χ0) is 15.1. The van der Waals surface area contributed by atoms with E-state index in [-0.39, 0.29) is 5.92 Å². The van der Waals surface area contributed by atoms with Crippen LogP contribution in [0.1, 0.15) is 32.8 Å². The molecule has 1 atom stereocenters. The second kappa shape index (κ2) is 7.53. The summed E-state index contributed by atoms with van der Waals surface area (Å²) in [5.74, 6) is -1.21. The van der Waals surface area contributed by atoms with E-state index in [1.54, 1.807) is 13.8 Å². The van der Waals surface area contributed by atoms with Gasteiger partial charge in [0.25, 0.3) is 0 Å². The minimum absolute atomic E-state index is 0.176. The van der Waals surface area contributed by atoms with Crippen molar-refractivity contribution in [1.29, 1.82) is 0 Å². The predicted molar refractivity (Wildman–Crippen MR) is 78.9 cm³/mol. The van der Waals surface area contributed by atoms with Crippen LogP contribution in [0.25, 0.3) is 0 Å². The third-order valence-electron chi connectivity index (χ3n) is 2.97. The van der Waals surface area contributed by atoms with Gasteiger partial charge in [-0.25, -0.2) is 9.59 Å². The highest BCUT2D eigenvalue weighted by Gasteiger charge is 2.23. The summed E-state index contributed by atoms with van der Waals surface area (Å²) in [5.41, 5.74) is 1.86. The van der Waals surface area contributed by atoms with Crippen LogP contribution >= 0.6 is 0 Å². The normalized spacial score (nSPS) is 12.0. The molecule has 0 fully saturated rings. The molecule has 20 heavy (non-hydrogen) atoms. The first-order chi connectivity index (χ1) is 9.43. The minimum Gasteiger partial charge on any atom is -0.480 e. The molecule has 5 nitrogen and oxygen atoms in total. The Hall–Kier alpha value is -2.04. The van der Waals surface area contributed by atoms with Gasteiger partial charge < -0.3 is 15.7 Å².